The predicted octanol–water partition coefficient (Wildman–Crippen LogP) is 2.66. The lowest BCUT2D eigenvalue weighted by atomic mass is 9.79. The van der Waals surface area contributed by atoms with E-state index in [1.807, 2.05) is 18.2 Å². The second-order valence-corrected chi connectivity index (χ2v) is 6.51. The van der Waals surface area contributed by atoms with E-state index in [4.69, 9.17) is 5.73 Å². The van der Waals surface area contributed by atoms with Crippen molar-refractivity contribution in [3.8, 4) is 0 Å². The normalized spacial score (nSPS) is 22.4. The smallest absolute Gasteiger partial charge is 0.223 e. The first-order chi connectivity index (χ1) is 9.81. The van der Waals surface area contributed by atoms with Crippen molar-refractivity contribution in [3.63, 3.8) is 0 Å². The Morgan fingerprint density at radius 3 is 2.75 bits per heavy atom. The van der Waals surface area contributed by atoms with Gasteiger partial charge in [-0.15, -0.1) is 11.8 Å². The van der Waals surface area contributed by atoms with Gasteiger partial charge in [0.1, 0.15) is 0 Å². The van der Waals surface area contributed by atoms with E-state index in [9.17, 15) is 4.79 Å². The largest absolute Gasteiger partial charge is 0.355 e. The Morgan fingerprint density at radius 1 is 1.25 bits per heavy atom. The number of nitrogens with two attached hydrogens (primary N) is 1. The number of thioether (sulfide) groups is 1. The molecule has 0 saturated heterocycles. The lowest BCUT2D eigenvalue weighted by Crippen LogP contribution is -2.40. The molecule has 3 nitrogen and oxygen atoms in total. The molecule has 1 aromatic rings. The highest BCUT2D eigenvalue weighted by molar-refractivity contribution is 7.99. The zero-order valence-electron chi connectivity index (χ0n) is 11.9. The van der Waals surface area contributed by atoms with Gasteiger partial charge in [-0.05, 0) is 37.4 Å². The van der Waals surface area contributed by atoms with Crippen LogP contribution in [0.2, 0.25) is 0 Å². The number of carbonyl (C=O) groups is 1. The fourth-order valence-corrected chi connectivity index (χ4v) is 3.62. The molecular weight excluding hydrogens is 268 g/mol. The summed E-state index contributed by atoms with van der Waals surface area (Å²) >= 11 is 1.78. The molecule has 2 unspecified atom stereocenters. The molecule has 0 heterocycles. The summed E-state index contributed by atoms with van der Waals surface area (Å²) in [5.74, 6) is 1.63. The van der Waals surface area contributed by atoms with E-state index in [-0.39, 0.29) is 11.8 Å². The molecule has 0 aromatic heterocycles. The van der Waals surface area contributed by atoms with Gasteiger partial charge >= 0.3 is 0 Å². The maximum absolute atomic E-state index is 12.2. The molecule has 1 aliphatic rings. The van der Waals surface area contributed by atoms with Gasteiger partial charge in [-0.1, -0.05) is 31.0 Å². The lowest BCUT2D eigenvalue weighted by Gasteiger charge is -2.29. The maximum atomic E-state index is 12.2. The molecule has 20 heavy (non-hydrogen) atoms. The van der Waals surface area contributed by atoms with E-state index in [2.05, 4.69) is 17.4 Å². The highest BCUT2D eigenvalue weighted by atomic mass is 32.2. The maximum Gasteiger partial charge on any atom is 0.223 e. The van der Waals surface area contributed by atoms with Crippen molar-refractivity contribution in [2.45, 2.75) is 30.6 Å². The molecule has 3 N–H and O–H groups in total. The quantitative estimate of drug-likeness (QED) is 0.626. The first kappa shape index (κ1) is 15.4. The Morgan fingerprint density at radius 2 is 2.00 bits per heavy atom. The summed E-state index contributed by atoms with van der Waals surface area (Å²) in [6.07, 6.45) is 4.48. The van der Waals surface area contributed by atoms with Crippen LogP contribution in [-0.4, -0.2) is 24.7 Å². The Labute approximate surface area is 125 Å². The van der Waals surface area contributed by atoms with Crippen LogP contribution in [0.3, 0.4) is 0 Å². The number of hydrogen-bond acceptors (Lipinski definition) is 3. The minimum Gasteiger partial charge on any atom is -0.355 e. The predicted molar refractivity (Wildman–Crippen MR) is 84.7 cm³/mol. The van der Waals surface area contributed by atoms with Crippen molar-refractivity contribution in [3.05, 3.63) is 30.3 Å². The summed E-state index contributed by atoms with van der Waals surface area (Å²) in [5.41, 5.74) is 5.78. The van der Waals surface area contributed by atoms with E-state index in [1.54, 1.807) is 11.8 Å². The SMILES string of the molecule is NCC1CCCCC1C(=O)NCCSc1ccccc1. The van der Waals surface area contributed by atoms with Crippen LogP contribution in [0.15, 0.2) is 35.2 Å². The molecule has 1 aromatic carbocycles. The second-order valence-electron chi connectivity index (χ2n) is 5.34. The Kier molecular flexibility index (Phi) is 6.40. The molecule has 110 valence electrons. The van der Waals surface area contributed by atoms with Gasteiger partial charge in [0, 0.05) is 23.1 Å². The van der Waals surface area contributed by atoms with Crippen molar-refractivity contribution in [1.29, 1.82) is 0 Å². The standard InChI is InChI=1S/C16H24N2OS/c17-12-13-6-4-5-9-15(13)16(19)18-10-11-20-14-7-2-1-3-8-14/h1-3,7-8,13,15H,4-6,9-12,17H2,(H,18,19). The van der Waals surface area contributed by atoms with Crippen molar-refractivity contribution in [1.82, 2.24) is 5.32 Å². The molecular formula is C16H24N2OS. The number of nitrogens with one attached hydrogen (secondary N) is 1. The highest BCUT2D eigenvalue weighted by Gasteiger charge is 2.29. The van der Waals surface area contributed by atoms with Crippen LogP contribution in [0.4, 0.5) is 0 Å². The average molecular weight is 292 g/mol. The Hall–Kier alpha value is -1.00. The van der Waals surface area contributed by atoms with Crippen LogP contribution in [0.25, 0.3) is 0 Å². The molecule has 0 aliphatic heterocycles. The second kappa shape index (κ2) is 8.32. The third-order valence-corrected chi connectivity index (χ3v) is 4.98. The van der Waals surface area contributed by atoms with Gasteiger partial charge in [-0.3, -0.25) is 4.79 Å². The van der Waals surface area contributed by atoms with Crippen LogP contribution in [0.1, 0.15) is 25.7 Å². The number of rotatable bonds is 6. The molecule has 2 rings (SSSR count). The molecule has 1 fully saturated rings. The zero-order valence-corrected chi connectivity index (χ0v) is 12.7. The summed E-state index contributed by atoms with van der Waals surface area (Å²) in [6, 6.07) is 10.3. The van der Waals surface area contributed by atoms with E-state index in [0.717, 1.165) is 31.6 Å². The van der Waals surface area contributed by atoms with E-state index in [0.29, 0.717) is 12.5 Å². The molecule has 0 bridgehead atoms. The van der Waals surface area contributed by atoms with Crippen LogP contribution >= 0.6 is 11.8 Å². The number of benzene rings is 1. The molecule has 1 saturated carbocycles. The first-order valence-corrected chi connectivity index (χ1v) is 8.45. The van der Waals surface area contributed by atoms with Crippen LogP contribution in [0, 0.1) is 11.8 Å². The summed E-state index contributed by atoms with van der Waals surface area (Å²) in [6.45, 7) is 1.36. The third kappa shape index (κ3) is 4.53. The molecule has 0 spiro atoms. The van der Waals surface area contributed by atoms with Crippen molar-refractivity contribution >= 4 is 17.7 Å². The van der Waals surface area contributed by atoms with Gasteiger partial charge in [-0.25, -0.2) is 0 Å². The summed E-state index contributed by atoms with van der Waals surface area (Å²) in [4.78, 5) is 13.5. The molecule has 1 aliphatic carbocycles. The van der Waals surface area contributed by atoms with Crippen molar-refractivity contribution in [2.24, 2.45) is 17.6 Å². The molecule has 2 atom stereocenters. The lowest BCUT2D eigenvalue weighted by molar-refractivity contribution is -0.127. The summed E-state index contributed by atoms with van der Waals surface area (Å²) in [7, 11) is 0. The average Bonchev–Trinajstić information content (AvgIpc) is 2.52. The monoisotopic (exact) mass is 292 g/mol. The minimum atomic E-state index is 0.135. The van der Waals surface area contributed by atoms with Gasteiger partial charge in [0.15, 0.2) is 0 Å². The zero-order chi connectivity index (χ0) is 14.2. The van der Waals surface area contributed by atoms with E-state index in [1.165, 1.54) is 11.3 Å². The van der Waals surface area contributed by atoms with E-state index < -0.39 is 0 Å². The van der Waals surface area contributed by atoms with Gasteiger partial charge in [0.05, 0.1) is 0 Å². The van der Waals surface area contributed by atoms with Gasteiger partial charge in [0.25, 0.3) is 0 Å². The van der Waals surface area contributed by atoms with Crippen LogP contribution < -0.4 is 11.1 Å². The number of hydrogen-bond donors (Lipinski definition) is 2. The fraction of sp³-hybridized carbons (Fsp3) is 0.562. The summed E-state index contributed by atoms with van der Waals surface area (Å²) < 4.78 is 0. The topological polar surface area (TPSA) is 55.1 Å². The third-order valence-electron chi connectivity index (χ3n) is 3.96. The van der Waals surface area contributed by atoms with Gasteiger partial charge < -0.3 is 11.1 Å². The van der Waals surface area contributed by atoms with Crippen molar-refractivity contribution in [2.75, 3.05) is 18.8 Å². The van der Waals surface area contributed by atoms with Gasteiger partial charge in [0.2, 0.25) is 5.91 Å². The Balaban J connectivity index is 1.69. The van der Waals surface area contributed by atoms with Crippen molar-refractivity contribution < 1.29 is 4.79 Å². The van der Waals surface area contributed by atoms with Crippen LogP contribution in [-0.2, 0) is 4.79 Å². The Bertz CT molecular complexity index is 410. The summed E-state index contributed by atoms with van der Waals surface area (Å²) in [5, 5.41) is 3.07. The highest BCUT2D eigenvalue weighted by Crippen LogP contribution is 2.29. The van der Waals surface area contributed by atoms with Gasteiger partial charge in [-0.2, -0.15) is 0 Å². The number of carbonyl (C=O) groups excluding carboxylic acids is 1. The fourth-order valence-electron chi connectivity index (χ4n) is 2.83. The van der Waals surface area contributed by atoms with Crippen LogP contribution in [0.5, 0.6) is 0 Å². The molecule has 4 heteroatoms. The first-order valence-electron chi connectivity index (χ1n) is 7.47. The number of amides is 1. The minimum absolute atomic E-state index is 0.135. The van der Waals surface area contributed by atoms with E-state index >= 15 is 0 Å². The molecule has 1 amide bonds. The molecule has 0 radical (unpaired) electrons.